The Bertz CT molecular complexity index is 768. The van der Waals surface area contributed by atoms with Gasteiger partial charge in [-0.25, -0.2) is 0 Å². The smallest absolute Gasteiger partial charge is 0.223 e. The quantitative estimate of drug-likeness (QED) is 0.458. The van der Waals surface area contributed by atoms with Crippen molar-refractivity contribution in [1.82, 2.24) is 9.80 Å². The summed E-state index contributed by atoms with van der Waals surface area (Å²) in [4.78, 5) is 22.1. The Labute approximate surface area is 200 Å². The second-order valence-corrected chi connectivity index (χ2v) is 11.1. The first-order valence-electron chi connectivity index (χ1n) is 12.8. The van der Waals surface area contributed by atoms with E-state index in [2.05, 4.69) is 42.8 Å². The normalized spacial score (nSPS) is 23.1. The van der Waals surface area contributed by atoms with Gasteiger partial charge in [0.05, 0.1) is 6.54 Å². The summed E-state index contributed by atoms with van der Waals surface area (Å²) >= 11 is 0. The molecule has 0 radical (unpaired) electrons. The van der Waals surface area contributed by atoms with Crippen LogP contribution in [-0.4, -0.2) is 59.9 Å². The number of likely N-dealkylation sites (tertiary alicyclic amines) is 1. The van der Waals surface area contributed by atoms with Crippen molar-refractivity contribution in [2.45, 2.75) is 84.3 Å². The minimum atomic E-state index is -0.246. The van der Waals surface area contributed by atoms with Crippen LogP contribution in [0.5, 0.6) is 0 Å². The van der Waals surface area contributed by atoms with E-state index in [1.165, 1.54) is 32.1 Å². The van der Waals surface area contributed by atoms with E-state index in [0.717, 1.165) is 18.7 Å². The van der Waals surface area contributed by atoms with Crippen molar-refractivity contribution in [1.29, 1.82) is 0 Å². The summed E-state index contributed by atoms with van der Waals surface area (Å²) in [6.45, 7) is 9.32. The summed E-state index contributed by atoms with van der Waals surface area (Å²) in [5.74, 6) is 0.734. The zero-order chi connectivity index (χ0) is 23.8. The Morgan fingerprint density at radius 3 is 2.52 bits per heavy atom. The third-order valence-corrected chi connectivity index (χ3v) is 6.92. The third kappa shape index (κ3) is 7.82. The Balaban J connectivity index is 1.82. The molecule has 6 nitrogen and oxygen atoms in total. The summed E-state index contributed by atoms with van der Waals surface area (Å²) in [5, 5.41) is 13.0. The highest BCUT2D eigenvalue weighted by molar-refractivity contribution is 5.80. The molecule has 1 aliphatic carbocycles. The van der Waals surface area contributed by atoms with Crippen LogP contribution >= 0.6 is 0 Å². The van der Waals surface area contributed by atoms with Gasteiger partial charge in [-0.2, -0.15) is 0 Å². The summed E-state index contributed by atoms with van der Waals surface area (Å²) in [7, 11) is 0. The first-order chi connectivity index (χ1) is 15.8. The van der Waals surface area contributed by atoms with Crippen molar-refractivity contribution in [3.05, 3.63) is 35.9 Å². The fraction of sp³-hybridized carbons (Fsp3) is 0.704. The first-order valence-corrected chi connectivity index (χ1v) is 12.8. The predicted molar refractivity (Wildman–Crippen MR) is 133 cm³/mol. The SMILES string of the molecule is CC(C)(C)CC(=O)N(Cc1ccccc1)C1CC(C([O-])=NCCN)N(CC2CCCCC2)C1. The summed E-state index contributed by atoms with van der Waals surface area (Å²) in [6.07, 6.45) is 7.50. The van der Waals surface area contributed by atoms with Gasteiger partial charge in [-0.3, -0.25) is 9.69 Å². The molecule has 2 fully saturated rings. The van der Waals surface area contributed by atoms with Crippen LogP contribution < -0.4 is 10.8 Å². The van der Waals surface area contributed by atoms with Crippen LogP contribution in [0.2, 0.25) is 0 Å². The van der Waals surface area contributed by atoms with Crippen LogP contribution in [0.25, 0.3) is 0 Å². The van der Waals surface area contributed by atoms with E-state index in [9.17, 15) is 9.90 Å². The minimum absolute atomic E-state index is 0.0191. The van der Waals surface area contributed by atoms with Crippen molar-refractivity contribution in [2.24, 2.45) is 22.1 Å². The molecule has 0 spiro atoms. The Morgan fingerprint density at radius 1 is 1.18 bits per heavy atom. The van der Waals surface area contributed by atoms with Crippen molar-refractivity contribution in [2.75, 3.05) is 26.2 Å². The molecular formula is C27H43N4O2-. The first kappa shape index (κ1) is 25.7. The third-order valence-electron chi connectivity index (χ3n) is 6.92. The highest BCUT2D eigenvalue weighted by Gasteiger charge is 2.39. The Kier molecular flexibility index (Phi) is 9.33. The van der Waals surface area contributed by atoms with Gasteiger partial charge in [0, 0.05) is 44.7 Å². The van der Waals surface area contributed by atoms with Crippen LogP contribution in [0.4, 0.5) is 0 Å². The van der Waals surface area contributed by atoms with Gasteiger partial charge < -0.3 is 20.7 Å². The topological polar surface area (TPSA) is 85.0 Å². The molecule has 184 valence electrons. The van der Waals surface area contributed by atoms with Gasteiger partial charge in [-0.15, -0.1) is 0 Å². The fourth-order valence-electron chi connectivity index (χ4n) is 5.30. The number of hydrogen-bond acceptors (Lipinski definition) is 5. The molecule has 1 heterocycles. The van der Waals surface area contributed by atoms with Crippen LogP contribution in [0.3, 0.4) is 0 Å². The maximum atomic E-state index is 13.5. The average molecular weight is 456 g/mol. The van der Waals surface area contributed by atoms with Gasteiger partial charge in [0.2, 0.25) is 5.91 Å². The molecule has 1 saturated carbocycles. The maximum Gasteiger partial charge on any atom is 0.223 e. The van der Waals surface area contributed by atoms with Crippen molar-refractivity contribution < 1.29 is 9.90 Å². The van der Waals surface area contributed by atoms with Gasteiger partial charge >= 0.3 is 0 Å². The van der Waals surface area contributed by atoms with Crippen molar-refractivity contribution in [3.8, 4) is 0 Å². The van der Waals surface area contributed by atoms with Gasteiger partial charge in [0.25, 0.3) is 0 Å². The fourth-order valence-corrected chi connectivity index (χ4v) is 5.30. The standard InChI is InChI=1S/C27H44N4O2/c1-27(2,3)17-25(32)31(19-22-12-8-5-9-13-22)23-16-24(26(33)29-15-14-28)30(20-23)18-21-10-6-4-7-11-21/h5,8-9,12-13,21,23-24H,4,6-7,10-11,14-20,28H2,1-3H3,(H,29,33)/p-1. The molecule has 2 N–H and O–H groups in total. The van der Waals surface area contributed by atoms with Gasteiger partial charge in [-0.05, 0) is 42.1 Å². The molecule has 1 saturated heterocycles. The number of aliphatic imine (C=N–C) groups is 1. The Hall–Kier alpha value is -1.92. The molecule has 33 heavy (non-hydrogen) atoms. The molecule has 2 unspecified atom stereocenters. The van der Waals surface area contributed by atoms with E-state index in [-0.39, 0.29) is 29.3 Å². The largest absolute Gasteiger partial charge is 0.861 e. The van der Waals surface area contributed by atoms with Crippen LogP contribution in [0.15, 0.2) is 35.3 Å². The minimum Gasteiger partial charge on any atom is -0.861 e. The molecule has 2 atom stereocenters. The lowest BCUT2D eigenvalue weighted by atomic mass is 9.89. The number of hydrogen-bond donors (Lipinski definition) is 1. The highest BCUT2D eigenvalue weighted by Crippen LogP contribution is 2.31. The summed E-state index contributed by atoms with van der Waals surface area (Å²) < 4.78 is 0. The van der Waals surface area contributed by atoms with Crippen LogP contribution in [0.1, 0.15) is 71.3 Å². The number of carbonyl (C=O) groups excluding carboxylic acids is 1. The van der Waals surface area contributed by atoms with Crippen LogP contribution in [-0.2, 0) is 11.3 Å². The van der Waals surface area contributed by atoms with E-state index in [4.69, 9.17) is 5.73 Å². The molecule has 0 bridgehead atoms. The maximum absolute atomic E-state index is 13.5. The number of nitrogens with zero attached hydrogens (tertiary/aromatic N) is 3. The van der Waals surface area contributed by atoms with E-state index in [0.29, 0.717) is 38.4 Å². The molecule has 1 amide bonds. The summed E-state index contributed by atoms with van der Waals surface area (Å²) in [6, 6.07) is 9.96. The van der Waals surface area contributed by atoms with Crippen molar-refractivity contribution >= 4 is 11.8 Å². The van der Waals surface area contributed by atoms with Gasteiger partial charge in [0.1, 0.15) is 0 Å². The number of amides is 1. The highest BCUT2D eigenvalue weighted by atomic mass is 16.3. The summed E-state index contributed by atoms with van der Waals surface area (Å²) in [5.41, 5.74) is 6.65. The monoisotopic (exact) mass is 455 g/mol. The van der Waals surface area contributed by atoms with Gasteiger partial charge in [-0.1, -0.05) is 70.4 Å². The molecule has 1 aromatic rings. The lowest BCUT2D eigenvalue weighted by Crippen LogP contribution is -2.45. The van der Waals surface area contributed by atoms with Crippen LogP contribution in [0, 0.1) is 11.3 Å². The molecule has 3 rings (SSSR count). The zero-order valence-corrected chi connectivity index (χ0v) is 20.8. The lowest BCUT2D eigenvalue weighted by molar-refractivity contribution is -0.224. The number of carbonyl (C=O) groups is 1. The Morgan fingerprint density at radius 2 is 1.88 bits per heavy atom. The molecule has 1 aromatic carbocycles. The zero-order valence-electron chi connectivity index (χ0n) is 20.8. The number of rotatable bonds is 9. The van der Waals surface area contributed by atoms with E-state index < -0.39 is 0 Å². The van der Waals surface area contributed by atoms with E-state index in [1.54, 1.807) is 0 Å². The molecular weight excluding hydrogens is 412 g/mol. The van der Waals surface area contributed by atoms with E-state index in [1.807, 2.05) is 23.1 Å². The molecule has 1 aliphatic heterocycles. The second kappa shape index (κ2) is 12.0. The second-order valence-electron chi connectivity index (χ2n) is 11.1. The predicted octanol–water partition coefficient (Wildman–Crippen LogP) is 3.19. The molecule has 2 aliphatic rings. The van der Waals surface area contributed by atoms with E-state index >= 15 is 0 Å². The average Bonchev–Trinajstić information content (AvgIpc) is 3.19. The number of nitrogens with two attached hydrogens (primary N) is 1. The number of benzene rings is 1. The lowest BCUT2D eigenvalue weighted by Gasteiger charge is -2.33. The molecule has 0 aromatic heterocycles. The van der Waals surface area contributed by atoms with Crippen molar-refractivity contribution in [3.63, 3.8) is 0 Å². The van der Waals surface area contributed by atoms with Gasteiger partial charge in [0.15, 0.2) is 0 Å². The molecule has 6 heteroatoms.